The van der Waals surface area contributed by atoms with E-state index in [0.717, 1.165) is 30.6 Å². The van der Waals surface area contributed by atoms with Gasteiger partial charge in [-0.3, -0.25) is 14.2 Å². The topological polar surface area (TPSA) is 102 Å². The Kier molecular flexibility index (Phi) is 5.67. The summed E-state index contributed by atoms with van der Waals surface area (Å²) in [7, 11) is 1.55. The number of fused-ring (bicyclic) bond motifs is 1. The molecule has 2 aromatic rings. The Balaban J connectivity index is 2.03. The summed E-state index contributed by atoms with van der Waals surface area (Å²) < 4.78 is 6.38. The summed E-state index contributed by atoms with van der Waals surface area (Å²) in [6.07, 6.45) is 3.40. The number of ether oxygens (including phenoxy) is 1. The molecule has 9 heteroatoms. The number of likely N-dealkylation sites (tertiary alicyclic amines) is 1. The van der Waals surface area contributed by atoms with Gasteiger partial charge in [0.05, 0.1) is 17.6 Å². The van der Waals surface area contributed by atoms with E-state index in [1.165, 1.54) is 9.95 Å². The monoisotopic (exact) mass is 379 g/mol. The number of thiophene rings is 1. The second-order valence-corrected chi connectivity index (χ2v) is 7.10. The maximum atomic E-state index is 13.0. The van der Waals surface area contributed by atoms with Crippen molar-refractivity contribution in [1.29, 1.82) is 0 Å². The van der Waals surface area contributed by atoms with Crippen molar-refractivity contribution in [3.05, 3.63) is 27.1 Å². The molecule has 8 nitrogen and oxygen atoms in total. The highest BCUT2D eigenvalue weighted by Crippen LogP contribution is 2.22. The Bertz CT molecular complexity index is 882. The molecule has 1 aliphatic rings. The molecule has 1 saturated heterocycles. The lowest BCUT2D eigenvalue weighted by Crippen LogP contribution is -2.40. The van der Waals surface area contributed by atoms with Gasteiger partial charge in [0.15, 0.2) is 0 Å². The molecule has 1 N–H and O–H groups in total. The largest absolute Gasteiger partial charge is 0.478 e. The molecule has 140 valence electrons. The molecular weight excluding hydrogens is 358 g/mol. The van der Waals surface area contributed by atoms with Gasteiger partial charge < -0.3 is 14.7 Å². The molecule has 3 heterocycles. The van der Waals surface area contributed by atoms with E-state index in [4.69, 9.17) is 4.74 Å². The molecular formula is C17H21N3O5S. The van der Waals surface area contributed by atoms with Crippen molar-refractivity contribution in [3.8, 4) is 0 Å². The summed E-state index contributed by atoms with van der Waals surface area (Å²) >= 11 is 1.12. The number of hydrogen-bond acceptors (Lipinski definition) is 6. The van der Waals surface area contributed by atoms with Crippen molar-refractivity contribution < 1.29 is 19.4 Å². The average molecular weight is 379 g/mol. The van der Waals surface area contributed by atoms with Gasteiger partial charge in [-0.25, -0.2) is 9.78 Å². The highest BCUT2D eigenvalue weighted by molar-refractivity contribution is 7.17. The van der Waals surface area contributed by atoms with Gasteiger partial charge in [0, 0.05) is 32.0 Å². The molecule has 0 aliphatic carbocycles. The zero-order valence-electron chi connectivity index (χ0n) is 14.6. The van der Waals surface area contributed by atoms with E-state index in [9.17, 15) is 19.5 Å². The van der Waals surface area contributed by atoms with Crippen LogP contribution in [0.25, 0.3) is 10.2 Å². The van der Waals surface area contributed by atoms with Crippen LogP contribution >= 0.6 is 11.3 Å². The number of carbonyl (C=O) groups excluding carboxylic acids is 1. The van der Waals surface area contributed by atoms with E-state index in [2.05, 4.69) is 4.98 Å². The van der Waals surface area contributed by atoms with Crippen LogP contribution in [0.4, 0.5) is 0 Å². The van der Waals surface area contributed by atoms with Crippen LogP contribution in [0.5, 0.6) is 0 Å². The van der Waals surface area contributed by atoms with Crippen molar-refractivity contribution in [3.63, 3.8) is 0 Å². The van der Waals surface area contributed by atoms with Gasteiger partial charge in [-0.2, -0.15) is 0 Å². The predicted molar refractivity (Wildman–Crippen MR) is 96.9 cm³/mol. The number of amides is 1. The Morgan fingerprint density at radius 2 is 2.04 bits per heavy atom. The molecule has 1 aliphatic heterocycles. The first-order valence-electron chi connectivity index (χ1n) is 8.54. The molecule has 26 heavy (non-hydrogen) atoms. The summed E-state index contributed by atoms with van der Waals surface area (Å²) in [5.41, 5.74) is -0.551. The Labute approximate surface area is 154 Å². The summed E-state index contributed by atoms with van der Waals surface area (Å²) in [4.78, 5) is 43.6. The first-order valence-corrected chi connectivity index (χ1v) is 9.41. The normalized spacial score (nSPS) is 14.7. The standard InChI is InChI=1S/C17H21N3O5S/c1-25-8-5-12-18-15-14(11(10-26-15)17(23)24)16(22)20(12)9-13(21)19-6-3-2-4-7-19/h10H,2-9H2,1H3,(H,23,24). The molecule has 0 saturated carbocycles. The maximum Gasteiger partial charge on any atom is 0.337 e. The number of aromatic nitrogens is 2. The van der Waals surface area contributed by atoms with Gasteiger partial charge in [0.25, 0.3) is 5.56 Å². The Morgan fingerprint density at radius 3 is 2.69 bits per heavy atom. The predicted octanol–water partition coefficient (Wildman–Crippen LogP) is 1.36. The minimum Gasteiger partial charge on any atom is -0.478 e. The SMILES string of the molecule is COCCc1nc2scc(C(=O)O)c2c(=O)n1CC(=O)N1CCCCC1. The van der Waals surface area contributed by atoms with Gasteiger partial charge >= 0.3 is 5.97 Å². The number of hydrogen-bond donors (Lipinski definition) is 1. The van der Waals surface area contributed by atoms with Crippen LogP contribution in [-0.4, -0.2) is 58.2 Å². The fourth-order valence-electron chi connectivity index (χ4n) is 3.15. The number of methoxy groups -OCH3 is 1. The van der Waals surface area contributed by atoms with Crippen molar-refractivity contribution in [2.45, 2.75) is 32.2 Å². The van der Waals surface area contributed by atoms with Crippen LogP contribution < -0.4 is 5.56 Å². The van der Waals surface area contributed by atoms with Gasteiger partial charge in [0.1, 0.15) is 17.2 Å². The summed E-state index contributed by atoms with van der Waals surface area (Å²) in [6.45, 7) is 1.60. The number of piperidine rings is 1. The molecule has 0 spiro atoms. The van der Waals surface area contributed by atoms with Crippen LogP contribution in [0.2, 0.25) is 0 Å². The van der Waals surface area contributed by atoms with Gasteiger partial charge in [-0.1, -0.05) is 0 Å². The third-order valence-corrected chi connectivity index (χ3v) is 5.41. The molecule has 0 radical (unpaired) electrons. The smallest absolute Gasteiger partial charge is 0.337 e. The summed E-state index contributed by atoms with van der Waals surface area (Å²) in [6, 6.07) is 0. The van der Waals surface area contributed by atoms with Crippen LogP contribution in [-0.2, 0) is 22.5 Å². The highest BCUT2D eigenvalue weighted by Gasteiger charge is 2.23. The number of carboxylic acids is 1. The zero-order valence-corrected chi connectivity index (χ0v) is 15.4. The molecule has 0 atom stereocenters. The lowest BCUT2D eigenvalue weighted by atomic mass is 10.1. The van der Waals surface area contributed by atoms with E-state index in [-0.39, 0.29) is 23.4 Å². The lowest BCUT2D eigenvalue weighted by molar-refractivity contribution is -0.132. The third kappa shape index (κ3) is 3.63. The Hall–Kier alpha value is -2.26. The van der Waals surface area contributed by atoms with Gasteiger partial charge in [-0.15, -0.1) is 11.3 Å². The zero-order chi connectivity index (χ0) is 18.7. The number of rotatable bonds is 6. The first-order chi connectivity index (χ1) is 12.5. The van der Waals surface area contributed by atoms with Crippen molar-refractivity contribution >= 4 is 33.4 Å². The molecule has 2 aromatic heterocycles. The van der Waals surface area contributed by atoms with Crippen molar-refractivity contribution in [1.82, 2.24) is 14.5 Å². The van der Waals surface area contributed by atoms with Crippen LogP contribution in [0.1, 0.15) is 35.4 Å². The molecule has 1 amide bonds. The van der Waals surface area contributed by atoms with Crippen molar-refractivity contribution in [2.24, 2.45) is 0 Å². The van der Waals surface area contributed by atoms with Crippen LogP contribution in [0, 0.1) is 0 Å². The Morgan fingerprint density at radius 1 is 1.31 bits per heavy atom. The second kappa shape index (κ2) is 7.96. The van der Waals surface area contributed by atoms with E-state index in [0.29, 0.717) is 36.8 Å². The average Bonchev–Trinajstić information content (AvgIpc) is 3.07. The molecule has 0 unspecified atom stereocenters. The van der Waals surface area contributed by atoms with E-state index >= 15 is 0 Å². The second-order valence-electron chi connectivity index (χ2n) is 6.24. The number of carbonyl (C=O) groups is 2. The fourth-order valence-corrected chi connectivity index (χ4v) is 4.07. The summed E-state index contributed by atoms with van der Waals surface area (Å²) in [5.74, 6) is -0.874. The van der Waals surface area contributed by atoms with E-state index in [1.54, 1.807) is 12.0 Å². The number of carboxylic acid groups (broad SMARTS) is 1. The first kappa shape index (κ1) is 18.5. The molecule has 0 bridgehead atoms. The summed E-state index contributed by atoms with van der Waals surface area (Å²) in [5, 5.41) is 10.8. The minimum absolute atomic E-state index is 0.0649. The van der Waals surface area contributed by atoms with Crippen LogP contribution in [0.3, 0.4) is 0 Å². The quantitative estimate of drug-likeness (QED) is 0.813. The fraction of sp³-hybridized carbons (Fsp3) is 0.529. The van der Waals surface area contributed by atoms with E-state index in [1.807, 2.05) is 0 Å². The van der Waals surface area contributed by atoms with Crippen LogP contribution in [0.15, 0.2) is 10.2 Å². The molecule has 0 aromatic carbocycles. The minimum atomic E-state index is -1.17. The maximum absolute atomic E-state index is 13.0. The van der Waals surface area contributed by atoms with Gasteiger partial charge in [-0.05, 0) is 19.3 Å². The van der Waals surface area contributed by atoms with E-state index < -0.39 is 11.5 Å². The third-order valence-electron chi connectivity index (χ3n) is 4.54. The number of aromatic carboxylic acids is 1. The van der Waals surface area contributed by atoms with Gasteiger partial charge in [0.2, 0.25) is 5.91 Å². The molecule has 3 rings (SSSR count). The number of nitrogens with zero attached hydrogens (tertiary/aromatic N) is 3. The lowest BCUT2D eigenvalue weighted by Gasteiger charge is -2.27. The molecule has 1 fully saturated rings. The highest BCUT2D eigenvalue weighted by atomic mass is 32.1. The van der Waals surface area contributed by atoms with Crippen molar-refractivity contribution in [2.75, 3.05) is 26.8 Å².